The number of likely N-dealkylation sites (N-methyl/N-ethyl adjacent to an activating group) is 1. The smallest absolute Gasteiger partial charge is 0.253 e. The molecule has 1 heterocycles. The Balaban J connectivity index is 1.85. The van der Waals surface area contributed by atoms with Crippen LogP contribution in [0.15, 0.2) is 53.3 Å². The second-order valence-corrected chi connectivity index (χ2v) is 8.43. The maximum atomic E-state index is 12.8. The Kier molecular flexibility index (Phi) is 8.07. The molecule has 31 heavy (non-hydrogen) atoms. The van der Waals surface area contributed by atoms with Gasteiger partial charge < -0.3 is 20.1 Å². The molecule has 0 fully saturated rings. The van der Waals surface area contributed by atoms with Crippen LogP contribution >= 0.6 is 23.8 Å². The van der Waals surface area contributed by atoms with Crippen molar-refractivity contribution >= 4 is 45.5 Å². The predicted molar refractivity (Wildman–Crippen MR) is 135 cm³/mol. The van der Waals surface area contributed by atoms with Crippen molar-refractivity contribution in [3.05, 3.63) is 75.0 Å². The summed E-state index contributed by atoms with van der Waals surface area (Å²) in [5.74, 6) is 0. The topological polar surface area (TPSA) is 51.4 Å². The number of nitrogens with one attached hydrogen (secondary N) is 2. The molecule has 164 valence electrons. The Bertz CT molecular complexity index is 1110. The molecule has 0 saturated carbocycles. The Labute approximate surface area is 194 Å². The van der Waals surface area contributed by atoms with Crippen molar-refractivity contribution in [2.45, 2.75) is 27.3 Å². The normalized spacial score (nSPS) is 11.1. The molecule has 0 bridgehead atoms. The molecule has 0 aliphatic heterocycles. The summed E-state index contributed by atoms with van der Waals surface area (Å²) in [6.07, 6.45) is 0. The molecule has 0 unspecified atom stereocenters. The monoisotopic (exact) mass is 456 g/mol. The number of fused-ring (bicyclic) bond motifs is 1. The number of benzene rings is 2. The summed E-state index contributed by atoms with van der Waals surface area (Å²) >= 11 is 11.8. The lowest BCUT2D eigenvalue weighted by molar-refractivity contribution is 0.266. The molecular weight excluding hydrogens is 428 g/mol. The average molecular weight is 457 g/mol. The molecule has 0 aliphatic rings. The van der Waals surface area contributed by atoms with Gasteiger partial charge >= 0.3 is 0 Å². The molecule has 0 atom stereocenters. The summed E-state index contributed by atoms with van der Waals surface area (Å²) < 4.78 is 0. The third-order valence-corrected chi connectivity index (χ3v) is 5.98. The predicted octanol–water partition coefficient (Wildman–Crippen LogP) is 5.03. The van der Waals surface area contributed by atoms with E-state index in [4.69, 9.17) is 23.8 Å². The van der Waals surface area contributed by atoms with Gasteiger partial charge in [-0.05, 0) is 73.5 Å². The zero-order chi connectivity index (χ0) is 22.4. The van der Waals surface area contributed by atoms with Gasteiger partial charge in [-0.15, -0.1) is 0 Å². The van der Waals surface area contributed by atoms with Crippen LogP contribution in [0.1, 0.15) is 25.0 Å². The van der Waals surface area contributed by atoms with Crippen molar-refractivity contribution < 1.29 is 0 Å². The van der Waals surface area contributed by atoms with Gasteiger partial charge in [-0.1, -0.05) is 43.6 Å². The van der Waals surface area contributed by atoms with Crippen LogP contribution in [-0.2, 0) is 6.54 Å². The van der Waals surface area contributed by atoms with Crippen molar-refractivity contribution in [2.75, 3.05) is 31.5 Å². The molecule has 2 N–H and O–H groups in total. The molecule has 7 heteroatoms. The molecular formula is C24H29ClN4OS. The summed E-state index contributed by atoms with van der Waals surface area (Å²) in [4.78, 5) is 20.2. The number of nitrogens with zero attached hydrogens (tertiary/aromatic N) is 2. The zero-order valence-corrected chi connectivity index (χ0v) is 19.8. The summed E-state index contributed by atoms with van der Waals surface area (Å²) in [5.41, 5.74) is 3.39. The lowest BCUT2D eigenvalue weighted by atomic mass is 10.1. The van der Waals surface area contributed by atoms with Crippen LogP contribution in [-0.4, -0.2) is 46.1 Å². The molecule has 0 amide bonds. The number of hydrogen-bond acceptors (Lipinski definition) is 3. The molecule has 3 rings (SSSR count). The standard InChI is InChI=1S/C24H29ClN4OS/c1-4-28(5-2)11-12-29(24(31)26-21-8-6-7-20(25)15-21)16-19-14-18-10-9-17(3)13-22(18)27-23(19)30/h6-10,13-15H,4-5,11-12,16H2,1-3H3,(H,26,31)(H,27,30). The fraction of sp³-hybridized carbons (Fsp3) is 0.333. The van der Waals surface area contributed by atoms with Crippen LogP contribution < -0.4 is 10.9 Å². The largest absolute Gasteiger partial charge is 0.343 e. The van der Waals surface area contributed by atoms with Crippen LogP contribution in [0.5, 0.6) is 0 Å². The van der Waals surface area contributed by atoms with Gasteiger partial charge in [-0.25, -0.2) is 0 Å². The molecule has 0 spiro atoms. The number of rotatable bonds is 8. The number of aryl methyl sites for hydroxylation is 1. The SMILES string of the molecule is CCN(CC)CCN(Cc1cc2ccc(C)cc2[nH]c1=O)C(=S)Nc1cccc(Cl)c1. The van der Waals surface area contributed by atoms with Crippen LogP contribution in [0.2, 0.25) is 5.02 Å². The van der Waals surface area contributed by atoms with Crippen molar-refractivity contribution in [3.63, 3.8) is 0 Å². The molecule has 0 saturated heterocycles. The van der Waals surface area contributed by atoms with Crippen LogP contribution in [0.3, 0.4) is 0 Å². The first-order valence-corrected chi connectivity index (χ1v) is 11.3. The number of hydrogen-bond donors (Lipinski definition) is 2. The van der Waals surface area contributed by atoms with E-state index in [1.54, 1.807) is 0 Å². The Morgan fingerprint density at radius 2 is 1.87 bits per heavy atom. The summed E-state index contributed by atoms with van der Waals surface area (Å²) in [6, 6.07) is 15.5. The zero-order valence-electron chi connectivity index (χ0n) is 18.2. The van der Waals surface area contributed by atoms with Gasteiger partial charge in [0.2, 0.25) is 0 Å². The molecule has 3 aromatic rings. The lowest BCUT2D eigenvalue weighted by Gasteiger charge is -2.29. The van der Waals surface area contributed by atoms with Gasteiger partial charge in [0.1, 0.15) is 0 Å². The average Bonchev–Trinajstić information content (AvgIpc) is 2.74. The van der Waals surface area contributed by atoms with Gasteiger partial charge in [0, 0.05) is 34.9 Å². The number of aromatic nitrogens is 1. The highest BCUT2D eigenvalue weighted by molar-refractivity contribution is 7.80. The molecule has 2 aromatic carbocycles. The van der Waals surface area contributed by atoms with E-state index < -0.39 is 0 Å². The van der Waals surface area contributed by atoms with Gasteiger partial charge in [-0.3, -0.25) is 4.79 Å². The maximum absolute atomic E-state index is 12.8. The van der Waals surface area contributed by atoms with Crippen molar-refractivity contribution in [1.29, 1.82) is 0 Å². The van der Waals surface area contributed by atoms with Gasteiger partial charge in [0.05, 0.1) is 6.54 Å². The van der Waals surface area contributed by atoms with Crippen LogP contribution in [0.4, 0.5) is 5.69 Å². The molecule has 0 radical (unpaired) electrons. The second kappa shape index (κ2) is 10.8. The third kappa shape index (κ3) is 6.29. The van der Waals surface area contributed by atoms with E-state index in [9.17, 15) is 4.79 Å². The number of H-pyrrole nitrogens is 1. The first-order chi connectivity index (χ1) is 14.9. The fourth-order valence-electron chi connectivity index (χ4n) is 3.51. The van der Waals surface area contributed by atoms with E-state index in [1.807, 2.05) is 60.4 Å². The minimum absolute atomic E-state index is 0.0866. The minimum atomic E-state index is -0.0866. The van der Waals surface area contributed by atoms with E-state index >= 15 is 0 Å². The molecule has 0 aliphatic carbocycles. The number of thiocarbonyl (C=S) groups is 1. The summed E-state index contributed by atoms with van der Waals surface area (Å²) in [5, 5.41) is 5.49. The fourth-order valence-corrected chi connectivity index (χ4v) is 3.97. The Hall–Kier alpha value is -2.41. The highest BCUT2D eigenvalue weighted by Gasteiger charge is 2.15. The number of halogens is 1. The van der Waals surface area contributed by atoms with Gasteiger partial charge in [-0.2, -0.15) is 0 Å². The highest BCUT2D eigenvalue weighted by atomic mass is 35.5. The van der Waals surface area contributed by atoms with Crippen molar-refractivity contribution in [3.8, 4) is 0 Å². The number of pyridine rings is 1. The van der Waals surface area contributed by atoms with E-state index in [0.29, 0.717) is 28.8 Å². The van der Waals surface area contributed by atoms with Crippen LogP contribution in [0.25, 0.3) is 10.9 Å². The summed E-state index contributed by atoms with van der Waals surface area (Å²) in [6.45, 7) is 10.2. The maximum Gasteiger partial charge on any atom is 0.253 e. The summed E-state index contributed by atoms with van der Waals surface area (Å²) in [7, 11) is 0. The van der Waals surface area contributed by atoms with Gasteiger partial charge in [0.25, 0.3) is 5.56 Å². The lowest BCUT2D eigenvalue weighted by Crippen LogP contribution is -2.41. The van der Waals surface area contributed by atoms with E-state index in [0.717, 1.165) is 41.8 Å². The molecule has 5 nitrogen and oxygen atoms in total. The minimum Gasteiger partial charge on any atom is -0.343 e. The first kappa shape index (κ1) is 23.3. The number of aromatic amines is 1. The first-order valence-electron chi connectivity index (χ1n) is 10.6. The highest BCUT2D eigenvalue weighted by Crippen LogP contribution is 2.17. The third-order valence-electron chi connectivity index (χ3n) is 5.38. The molecule has 1 aromatic heterocycles. The quantitative estimate of drug-likeness (QED) is 0.465. The number of anilines is 1. The van der Waals surface area contributed by atoms with Crippen molar-refractivity contribution in [1.82, 2.24) is 14.8 Å². The van der Waals surface area contributed by atoms with Gasteiger partial charge in [0.15, 0.2) is 5.11 Å². The second-order valence-electron chi connectivity index (χ2n) is 7.60. The van der Waals surface area contributed by atoms with Crippen LogP contribution in [0, 0.1) is 6.92 Å². The Morgan fingerprint density at radius 1 is 1.10 bits per heavy atom. The van der Waals surface area contributed by atoms with E-state index in [1.165, 1.54) is 0 Å². The van der Waals surface area contributed by atoms with Crippen molar-refractivity contribution in [2.24, 2.45) is 0 Å². The van der Waals surface area contributed by atoms with E-state index in [-0.39, 0.29) is 5.56 Å². The Morgan fingerprint density at radius 3 is 2.58 bits per heavy atom. The van der Waals surface area contributed by atoms with E-state index in [2.05, 4.69) is 29.0 Å².